The largest absolute Gasteiger partial charge is 0.399 e. The number of benzene rings is 2. The van der Waals surface area contributed by atoms with Crippen LogP contribution >= 0.6 is 23.3 Å². The molecule has 4 nitrogen and oxygen atoms in total. The zero-order valence-corrected chi connectivity index (χ0v) is 10.8. The number of hydrogen-bond acceptors (Lipinski definition) is 5. The van der Waals surface area contributed by atoms with E-state index in [4.69, 9.17) is 17.3 Å². The summed E-state index contributed by atoms with van der Waals surface area (Å²) in [4.78, 5) is 0. The molecule has 0 spiro atoms. The van der Waals surface area contributed by atoms with Gasteiger partial charge < -0.3 is 11.1 Å². The lowest BCUT2D eigenvalue weighted by atomic mass is 10.2. The van der Waals surface area contributed by atoms with E-state index in [1.165, 1.54) is 11.7 Å². The summed E-state index contributed by atoms with van der Waals surface area (Å²) >= 11 is 7.36. The quantitative estimate of drug-likeness (QED) is 0.701. The Morgan fingerprint density at radius 1 is 1.06 bits per heavy atom. The standard InChI is InChI=1S/C12H9ClN4S/c13-9-5-6-10-12(17-18-16-10)11(9)15-8-3-1-7(14)2-4-8/h1-6,15H,14H2. The predicted octanol–water partition coefficient (Wildman–Crippen LogP) is 3.67. The first-order valence-corrected chi connectivity index (χ1v) is 6.38. The third-order valence-corrected chi connectivity index (χ3v) is 3.41. The van der Waals surface area contributed by atoms with Crippen LogP contribution in [0.3, 0.4) is 0 Å². The smallest absolute Gasteiger partial charge is 0.129 e. The van der Waals surface area contributed by atoms with Gasteiger partial charge in [-0.25, -0.2) is 0 Å². The highest BCUT2D eigenvalue weighted by Gasteiger charge is 2.09. The zero-order chi connectivity index (χ0) is 12.5. The van der Waals surface area contributed by atoms with Crippen molar-refractivity contribution in [2.24, 2.45) is 0 Å². The molecular formula is C12H9ClN4S. The lowest BCUT2D eigenvalue weighted by molar-refractivity contribution is 1.54. The second-order valence-corrected chi connectivity index (χ2v) is 4.74. The fourth-order valence-electron chi connectivity index (χ4n) is 1.66. The van der Waals surface area contributed by atoms with Crippen molar-refractivity contribution in [1.82, 2.24) is 8.75 Å². The van der Waals surface area contributed by atoms with Gasteiger partial charge in [0.15, 0.2) is 0 Å². The molecule has 6 heteroatoms. The highest BCUT2D eigenvalue weighted by atomic mass is 35.5. The third kappa shape index (κ3) is 1.98. The van der Waals surface area contributed by atoms with Gasteiger partial charge in [0.2, 0.25) is 0 Å². The molecule has 0 bridgehead atoms. The minimum Gasteiger partial charge on any atom is -0.399 e. The van der Waals surface area contributed by atoms with Crippen LogP contribution in [-0.2, 0) is 0 Å². The number of anilines is 3. The molecule has 3 rings (SSSR count). The van der Waals surface area contributed by atoms with Crippen LogP contribution in [0.1, 0.15) is 0 Å². The van der Waals surface area contributed by atoms with E-state index >= 15 is 0 Å². The van der Waals surface area contributed by atoms with Gasteiger partial charge >= 0.3 is 0 Å². The normalized spacial score (nSPS) is 10.7. The minimum absolute atomic E-state index is 0.618. The maximum Gasteiger partial charge on any atom is 0.129 e. The van der Waals surface area contributed by atoms with E-state index in [2.05, 4.69) is 14.1 Å². The molecule has 3 N–H and O–H groups in total. The molecule has 0 fully saturated rings. The first-order chi connectivity index (χ1) is 8.74. The number of nitrogens with one attached hydrogen (secondary N) is 1. The Hall–Kier alpha value is -1.85. The lowest BCUT2D eigenvalue weighted by Gasteiger charge is -2.08. The Bertz CT molecular complexity index is 693. The molecule has 90 valence electrons. The van der Waals surface area contributed by atoms with E-state index in [9.17, 15) is 0 Å². The molecule has 0 atom stereocenters. The SMILES string of the molecule is Nc1ccc(Nc2c(Cl)ccc3nsnc23)cc1. The van der Waals surface area contributed by atoms with Crippen molar-refractivity contribution < 1.29 is 0 Å². The van der Waals surface area contributed by atoms with Crippen molar-refractivity contribution >= 4 is 51.4 Å². The number of nitrogens with zero attached hydrogens (tertiary/aromatic N) is 2. The van der Waals surface area contributed by atoms with Gasteiger partial charge in [-0.1, -0.05) is 11.6 Å². The number of fused-ring (bicyclic) bond motifs is 1. The summed E-state index contributed by atoms with van der Waals surface area (Å²) in [6, 6.07) is 11.1. The second-order valence-electron chi connectivity index (χ2n) is 3.80. The molecule has 1 aromatic heterocycles. The van der Waals surface area contributed by atoms with E-state index in [-0.39, 0.29) is 0 Å². The van der Waals surface area contributed by atoms with Crippen LogP contribution in [0.15, 0.2) is 36.4 Å². The molecule has 0 aliphatic heterocycles. The summed E-state index contributed by atoms with van der Waals surface area (Å²) in [7, 11) is 0. The van der Waals surface area contributed by atoms with Gasteiger partial charge in [0.25, 0.3) is 0 Å². The molecule has 1 heterocycles. The Balaban J connectivity index is 2.06. The van der Waals surface area contributed by atoms with Crippen molar-refractivity contribution in [3.8, 4) is 0 Å². The summed E-state index contributed by atoms with van der Waals surface area (Å²) in [5, 5.41) is 3.86. The average molecular weight is 277 g/mol. The maximum absolute atomic E-state index is 6.19. The molecule has 0 aliphatic carbocycles. The minimum atomic E-state index is 0.618. The van der Waals surface area contributed by atoms with Gasteiger partial charge in [0.1, 0.15) is 11.0 Å². The Labute approximate surface area is 113 Å². The van der Waals surface area contributed by atoms with Crippen LogP contribution in [-0.4, -0.2) is 8.75 Å². The fourth-order valence-corrected chi connectivity index (χ4v) is 2.40. The van der Waals surface area contributed by atoms with Crippen LogP contribution in [0, 0.1) is 0 Å². The molecule has 2 aromatic carbocycles. The molecule has 0 radical (unpaired) electrons. The number of hydrogen-bond donors (Lipinski definition) is 2. The fraction of sp³-hybridized carbons (Fsp3) is 0. The van der Waals surface area contributed by atoms with E-state index in [1.807, 2.05) is 36.4 Å². The van der Waals surface area contributed by atoms with Crippen molar-refractivity contribution in [1.29, 1.82) is 0 Å². The second kappa shape index (κ2) is 4.44. The molecule has 18 heavy (non-hydrogen) atoms. The number of aromatic nitrogens is 2. The van der Waals surface area contributed by atoms with Gasteiger partial charge in [-0.05, 0) is 36.4 Å². The summed E-state index contributed by atoms with van der Waals surface area (Å²) in [6.45, 7) is 0. The van der Waals surface area contributed by atoms with E-state index in [1.54, 1.807) is 0 Å². The Kier molecular flexibility index (Phi) is 2.77. The molecule has 0 unspecified atom stereocenters. The molecule has 0 amide bonds. The molecule has 3 aromatic rings. The van der Waals surface area contributed by atoms with Crippen LogP contribution in [0.25, 0.3) is 11.0 Å². The maximum atomic E-state index is 6.19. The summed E-state index contributed by atoms with van der Waals surface area (Å²) in [5.41, 5.74) is 9.67. The molecule has 0 saturated carbocycles. The van der Waals surface area contributed by atoms with Crippen molar-refractivity contribution in [3.63, 3.8) is 0 Å². The number of nitrogens with two attached hydrogens (primary N) is 1. The van der Waals surface area contributed by atoms with Gasteiger partial charge in [-0.2, -0.15) is 8.75 Å². The number of nitrogen functional groups attached to an aromatic ring is 1. The van der Waals surface area contributed by atoms with E-state index < -0.39 is 0 Å². The van der Waals surface area contributed by atoms with Crippen molar-refractivity contribution in [2.75, 3.05) is 11.1 Å². The summed E-state index contributed by atoms with van der Waals surface area (Å²) < 4.78 is 8.44. The molecular weight excluding hydrogens is 268 g/mol. The number of rotatable bonds is 2. The first-order valence-electron chi connectivity index (χ1n) is 5.27. The van der Waals surface area contributed by atoms with E-state index in [0.29, 0.717) is 5.02 Å². The Morgan fingerprint density at radius 2 is 1.83 bits per heavy atom. The zero-order valence-electron chi connectivity index (χ0n) is 9.22. The molecule has 0 saturated heterocycles. The first kappa shape index (κ1) is 11.3. The number of halogens is 1. The van der Waals surface area contributed by atoms with Crippen LogP contribution in [0.5, 0.6) is 0 Å². The van der Waals surface area contributed by atoms with E-state index in [0.717, 1.165) is 28.1 Å². The predicted molar refractivity (Wildman–Crippen MR) is 76.6 cm³/mol. The average Bonchev–Trinajstić information content (AvgIpc) is 2.84. The Morgan fingerprint density at radius 3 is 2.61 bits per heavy atom. The summed E-state index contributed by atoms with van der Waals surface area (Å²) in [6.07, 6.45) is 0. The van der Waals surface area contributed by atoms with Crippen molar-refractivity contribution in [3.05, 3.63) is 41.4 Å². The lowest BCUT2D eigenvalue weighted by Crippen LogP contribution is -1.93. The monoisotopic (exact) mass is 276 g/mol. The van der Waals surface area contributed by atoms with Crippen LogP contribution in [0.4, 0.5) is 17.1 Å². The highest BCUT2D eigenvalue weighted by molar-refractivity contribution is 7.00. The summed E-state index contributed by atoms with van der Waals surface area (Å²) in [5.74, 6) is 0. The third-order valence-electron chi connectivity index (χ3n) is 2.56. The van der Waals surface area contributed by atoms with Gasteiger partial charge in [0, 0.05) is 11.4 Å². The van der Waals surface area contributed by atoms with Crippen LogP contribution in [0.2, 0.25) is 5.02 Å². The topological polar surface area (TPSA) is 63.8 Å². The van der Waals surface area contributed by atoms with Crippen molar-refractivity contribution in [2.45, 2.75) is 0 Å². The molecule has 0 aliphatic rings. The van der Waals surface area contributed by atoms with Crippen LogP contribution < -0.4 is 11.1 Å². The van der Waals surface area contributed by atoms with Gasteiger partial charge in [-0.15, -0.1) is 0 Å². The van der Waals surface area contributed by atoms with Gasteiger partial charge in [-0.3, -0.25) is 0 Å². The highest BCUT2D eigenvalue weighted by Crippen LogP contribution is 2.32. The van der Waals surface area contributed by atoms with Gasteiger partial charge in [0.05, 0.1) is 22.4 Å².